The van der Waals surface area contributed by atoms with E-state index in [1.54, 1.807) is 0 Å². The summed E-state index contributed by atoms with van der Waals surface area (Å²) in [7, 11) is 0. The molecule has 2 nitrogen and oxygen atoms in total. The van der Waals surface area contributed by atoms with Gasteiger partial charge in [0.1, 0.15) is 0 Å². The lowest BCUT2D eigenvalue weighted by atomic mass is 10.0. The van der Waals surface area contributed by atoms with Crippen molar-refractivity contribution in [2.24, 2.45) is 0 Å². The van der Waals surface area contributed by atoms with E-state index in [4.69, 9.17) is 0 Å². The van der Waals surface area contributed by atoms with Crippen molar-refractivity contribution in [2.45, 2.75) is 6.42 Å². The van der Waals surface area contributed by atoms with Crippen LogP contribution in [0.4, 0.5) is 0 Å². The van der Waals surface area contributed by atoms with Crippen LogP contribution in [0, 0.1) is 0 Å². The van der Waals surface area contributed by atoms with E-state index in [1.165, 1.54) is 11.1 Å². The van der Waals surface area contributed by atoms with Gasteiger partial charge in [-0.05, 0) is 16.7 Å². The summed E-state index contributed by atoms with van der Waals surface area (Å²) in [4.78, 5) is 11.2. The van der Waals surface area contributed by atoms with Crippen molar-refractivity contribution in [1.29, 1.82) is 0 Å². The van der Waals surface area contributed by atoms with Crippen molar-refractivity contribution >= 4 is 28.8 Å². The molecular formula is C14H12INO. The molecule has 0 unspecified atom stereocenters. The van der Waals surface area contributed by atoms with Crippen LogP contribution in [0.1, 0.15) is 5.56 Å². The maximum absolute atomic E-state index is 11.2. The number of halogens is 1. The van der Waals surface area contributed by atoms with E-state index in [0.29, 0.717) is 6.42 Å². The molecule has 2 rings (SSSR count). The highest BCUT2D eigenvalue weighted by molar-refractivity contribution is 14.1. The highest BCUT2D eigenvalue weighted by Gasteiger charge is 2.02. The van der Waals surface area contributed by atoms with Gasteiger partial charge >= 0.3 is 0 Å². The molecular weight excluding hydrogens is 325 g/mol. The van der Waals surface area contributed by atoms with Gasteiger partial charge in [-0.15, -0.1) is 0 Å². The number of carbonyl (C=O) groups is 1. The monoisotopic (exact) mass is 337 g/mol. The van der Waals surface area contributed by atoms with E-state index in [9.17, 15) is 4.79 Å². The molecule has 17 heavy (non-hydrogen) atoms. The smallest absolute Gasteiger partial charge is 0.233 e. The van der Waals surface area contributed by atoms with Crippen molar-refractivity contribution in [3.05, 3.63) is 60.2 Å². The Kier molecular flexibility index (Phi) is 4.14. The van der Waals surface area contributed by atoms with Gasteiger partial charge in [-0.3, -0.25) is 8.32 Å². The molecule has 1 amide bonds. The second kappa shape index (κ2) is 5.82. The highest BCUT2D eigenvalue weighted by atomic mass is 127. The first-order chi connectivity index (χ1) is 8.29. The molecule has 0 aliphatic carbocycles. The maximum Gasteiger partial charge on any atom is 0.233 e. The quantitative estimate of drug-likeness (QED) is 0.675. The fourth-order valence-corrected chi connectivity index (χ4v) is 1.86. The third-order valence-electron chi connectivity index (χ3n) is 2.53. The molecule has 0 aliphatic heterocycles. The molecule has 0 spiro atoms. The van der Waals surface area contributed by atoms with Gasteiger partial charge in [0.15, 0.2) is 0 Å². The predicted molar refractivity (Wildman–Crippen MR) is 77.7 cm³/mol. The van der Waals surface area contributed by atoms with Gasteiger partial charge in [-0.2, -0.15) is 0 Å². The zero-order valence-corrected chi connectivity index (χ0v) is 11.3. The minimum absolute atomic E-state index is 0.0260. The minimum atomic E-state index is 0.0260. The Morgan fingerprint density at radius 1 is 0.941 bits per heavy atom. The number of rotatable bonds is 3. The Labute approximate surface area is 115 Å². The summed E-state index contributed by atoms with van der Waals surface area (Å²) in [6, 6.07) is 18.3. The molecule has 0 aliphatic rings. The molecule has 3 heteroatoms. The maximum atomic E-state index is 11.2. The van der Waals surface area contributed by atoms with E-state index >= 15 is 0 Å². The van der Waals surface area contributed by atoms with E-state index in [-0.39, 0.29) is 5.91 Å². The van der Waals surface area contributed by atoms with Crippen LogP contribution < -0.4 is 3.53 Å². The Morgan fingerprint density at radius 3 is 2.12 bits per heavy atom. The van der Waals surface area contributed by atoms with Gasteiger partial charge in [-0.25, -0.2) is 0 Å². The second-order valence-corrected chi connectivity index (χ2v) is 4.30. The van der Waals surface area contributed by atoms with Crippen molar-refractivity contribution in [3.8, 4) is 11.1 Å². The van der Waals surface area contributed by atoms with Crippen LogP contribution in [0.3, 0.4) is 0 Å². The number of carbonyl (C=O) groups excluding carboxylic acids is 1. The number of amides is 1. The predicted octanol–water partition coefficient (Wildman–Crippen LogP) is 3.36. The van der Waals surface area contributed by atoms with Crippen LogP contribution in [-0.4, -0.2) is 5.91 Å². The summed E-state index contributed by atoms with van der Waals surface area (Å²) in [6.45, 7) is 0. The van der Waals surface area contributed by atoms with E-state index in [0.717, 1.165) is 5.56 Å². The fraction of sp³-hybridized carbons (Fsp3) is 0.0714. The van der Waals surface area contributed by atoms with Crippen LogP contribution in [0.15, 0.2) is 54.6 Å². The molecule has 0 saturated heterocycles. The average Bonchev–Trinajstić information content (AvgIpc) is 2.40. The van der Waals surface area contributed by atoms with Crippen LogP contribution in [-0.2, 0) is 11.2 Å². The molecule has 0 saturated carbocycles. The van der Waals surface area contributed by atoms with Gasteiger partial charge in [0, 0.05) is 0 Å². The van der Waals surface area contributed by atoms with Crippen molar-refractivity contribution < 1.29 is 4.79 Å². The SMILES string of the molecule is O=C(Cc1ccc(-c2ccccc2)cc1)NI. The van der Waals surface area contributed by atoms with Crippen molar-refractivity contribution in [1.82, 2.24) is 3.53 Å². The van der Waals surface area contributed by atoms with Crippen molar-refractivity contribution in [2.75, 3.05) is 0 Å². The van der Waals surface area contributed by atoms with Crippen LogP contribution in [0.25, 0.3) is 11.1 Å². The first-order valence-electron chi connectivity index (χ1n) is 5.33. The molecule has 2 aromatic carbocycles. The number of hydrogen-bond acceptors (Lipinski definition) is 1. The summed E-state index contributed by atoms with van der Waals surface area (Å²) in [5.41, 5.74) is 3.39. The zero-order chi connectivity index (χ0) is 12.1. The van der Waals surface area contributed by atoms with E-state index < -0.39 is 0 Å². The van der Waals surface area contributed by atoms with Gasteiger partial charge in [0.25, 0.3) is 0 Å². The standard InChI is InChI=1S/C14H12INO/c15-16-14(17)10-11-6-8-13(9-7-11)12-4-2-1-3-5-12/h1-9H,10H2,(H,16,17). The number of hydrogen-bond donors (Lipinski definition) is 1. The summed E-state index contributed by atoms with van der Waals surface area (Å²) in [6.07, 6.45) is 0.429. The molecule has 0 fully saturated rings. The molecule has 0 atom stereocenters. The molecule has 0 bridgehead atoms. The van der Waals surface area contributed by atoms with E-state index in [2.05, 4.69) is 15.7 Å². The highest BCUT2D eigenvalue weighted by Crippen LogP contribution is 2.19. The van der Waals surface area contributed by atoms with E-state index in [1.807, 2.05) is 65.3 Å². The lowest BCUT2D eigenvalue weighted by Gasteiger charge is -2.03. The first kappa shape index (κ1) is 12.1. The average molecular weight is 337 g/mol. The zero-order valence-electron chi connectivity index (χ0n) is 9.19. The fourth-order valence-electron chi connectivity index (χ4n) is 1.66. The molecule has 0 aromatic heterocycles. The summed E-state index contributed by atoms with van der Waals surface area (Å²) >= 11 is 1.86. The Morgan fingerprint density at radius 2 is 1.53 bits per heavy atom. The van der Waals surface area contributed by atoms with Gasteiger partial charge in [-0.1, -0.05) is 54.6 Å². The summed E-state index contributed by atoms with van der Waals surface area (Å²) < 4.78 is 2.59. The number of nitrogens with one attached hydrogen (secondary N) is 1. The van der Waals surface area contributed by atoms with Gasteiger partial charge < -0.3 is 0 Å². The van der Waals surface area contributed by atoms with Gasteiger partial charge in [0.05, 0.1) is 29.3 Å². The first-order valence-corrected chi connectivity index (χ1v) is 6.41. The van der Waals surface area contributed by atoms with Gasteiger partial charge in [0.2, 0.25) is 5.91 Å². The molecule has 1 N–H and O–H groups in total. The van der Waals surface area contributed by atoms with Crippen LogP contribution >= 0.6 is 22.9 Å². The van der Waals surface area contributed by atoms with Crippen LogP contribution in [0.2, 0.25) is 0 Å². The summed E-state index contributed by atoms with van der Waals surface area (Å²) in [5, 5.41) is 0. The molecule has 2 aromatic rings. The lowest BCUT2D eigenvalue weighted by Crippen LogP contribution is -2.14. The Bertz CT molecular complexity index is 493. The largest absolute Gasteiger partial charge is 0.299 e. The molecule has 0 radical (unpaired) electrons. The lowest BCUT2D eigenvalue weighted by molar-refractivity contribution is -0.118. The molecule has 86 valence electrons. The third kappa shape index (κ3) is 3.30. The molecule has 0 heterocycles. The normalized spacial score (nSPS) is 9.94. The van der Waals surface area contributed by atoms with Crippen LogP contribution in [0.5, 0.6) is 0 Å². The third-order valence-corrected chi connectivity index (χ3v) is 3.13. The topological polar surface area (TPSA) is 29.1 Å². The second-order valence-electron chi connectivity index (χ2n) is 3.76. The number of benzene rings is 2. The Hall–Kier alpha value is -1.36. The van der Waals surface area contributed by atoms with Crippen molar-refractivity contribution in [3.63, 3.8) is 0 Å². The summed E-state index contributed by atoms with van der Waals surface area (Å²) in [5.74, 6) is 0.0260. The Balaban J connectivity index is 2.16. The minimum Gasteiger partial charge on any atom is -0.299 e.